The van der Waals surface area contributed by atoms with E-state index in [1.54, 1.807) is 20.5 Å². The van der Waals surface area contributed by atoms with Gasteiger partial charge in [0.25, 0.3) is 0 Å². The van der Waals surface area contributed by atoms with Crippen LogP contribution >= 0.6 is 0 Å². The fourth-order valence-corrected chi connectivity index (χ4v) is 1.93. The highest BCUT2D eigenvalue weighted by atomic mass is 16.5. The first kappa shape index (κ1) is 14.2. The second kappa shape index (κ2) is 6.27. The third-order valence-corrected chi connectivity index (χ3v) is 2.99. The number of rotatable bonds is 6. The molecule has 0 saturated heterocycles. The van der Waals surface area contributed by atoms with Crippen LogP contribution in [0.3, 0.4) is 0 Å². The number of benzene rings is 1. The fraction of sp³-hybridized carbons (Fsp3) is 0.429. The largest absolute Gasteiger partial charge is 0.497 e. The minimum absolute atomic E-state index is 0.262. The van der Waals surface area contributed by atoms with Gasteiger partial charge in [0.15, 0.2) is 0 Å². The van der Waals surface area contributed by atoms with Gasteiger partial charge in [-0.15, -0.1) is 0 Å². The third kappa shape index (κ3) is 3.01. The average Bonchev–Trinajstić information content (AvgIpc) is 2.93. The van der Waals surface area contributed by atoms with Crippen molar-refractivity contribution >= 4 is 5.95 Å². The van der Waals surface area contributed by atoms with Gasteiger partial charge in [-0.3, -0.25) is 0 Å². The molecule has 0 saturated carbocycles. The number of aromatic nitrogens is 3. The van der Waals surface area contributed by atoms with Gasteiger partial charge in [-0.2, -0.15) is 10.1 Å². The summed E-state index contributed by atoms with van der Waals surface area (Å²) in [6, 6.07) is 6.01. The van der Waals surface area contributed by atoms with Gasteiger partial charge in [0, 0.05) is 18.2 Å². The Balaban J connectivity index is 2.12. The second-order valence-corrected chi connectivity index (χ2v) is 4.65. The number of nitrogens with zero attached hydrogens (tertiary/aromatic N) is 3. The molecule has 0 unspecified atom stereocenters. The van der Waals surface area contributed by atoms with Gasteiger partial charge in [-0.25, -0.2) is 4.68 Å². The van der Waals surface area contributed by atoms with Crippen LogP contribution in [0.15, 0.2) is 24.5 Å². The molecule has 0 radical (unpaired) electrons. The smallest absolute Gasteiger partial charge is 0.221 e. The van der Waals surface area contributed by atoms with Crippen molar-refractivity contribution in [3.05, 3.63) is 30.1 Å². The first-order valence-electron chi connectivity index (χ1n) is 6.50. The molecule has 0 aliphatic carbocycles. The molecule has 0 aliphatic heterocycles. The molecular weight excluding hydrogens is 256 g/mol. The molecule has 2 rings (SSSR count). The number of ether oxygens (including phenoxy) is 2. The van der Waals surface area contributed by atoms with Crippen LogP contribution in [0, 0.1) is 0 Å². The predicted molar refractivity (Wildman–Crippen MR) is 77.3 cm³/mol. The van der Waals surface area contributed by atoms with Gasteiger partial charge in [0.2, 0.25) is 5.95 Å². The van der Waals surface area contributed by atoms with Crippen molar-refractivity contribution in [3.8, 4) is 11.5 Å². The molecule has 0 amide bonds. The molecule has 0 atom stereocenters. The maximum Gasteiger partial charge on any atom is 0.221 e. The van der Waals surface area contributed by atoms with Crippen LogP contribution in [-0.4, -0.2) is 29.0 Å². The summed E-state index contributed by atoms with van der Waals surface area (Å²) in [6.45, 7) is 4.74. The molecule has 0 spiro atoms. The highest BCUT2D eigenvalue weighted by Gasteiger charge is 2.09. The molecule has 1 N–H and O–H groups in total. The van der Waals surface area contributed by atoms with Crippen LogP contribution in [-0.2, 0) is 6.54 Å². The molecule has 108 valence electrons. The SMILES string of the molecule is COc1ccc(CNc2ncnn2C(C)C)c(OC)c1. The highest BCUT2D eigenvalue weighted by molar-refractivity contribution is 5.42. The lowest BCUT2D eigenvalue weighted by Crippen LogP contribution is -2.11. The predicted octanol–water partition coefficient (Wildman–Crippen LogP) is 2.49. The van der Waals surface area contributed by atoms with Crippen molar-refractivity contribution in [2.75, 3.05) is 19.5 Å². The molecule has 0 aliphatic rings. The molecule has 2 aromatic rings. The Kier molecular flexibility index (Phi) is 4.45. The van der Waals surface area contributed by atoms with Gasteiger partial charge in [0.1, 0.15) is 17.8 Å². The average molecular weight is 276 g/mol. The number of hydrogen-bond donors (Lipinski definition) is 1. The zero-order chi connectivity index (χ0) is 14.5. The standard InChI is InChI=1S/C14H20N4O2/c1-10(2)18-14(16-9-17-18)15-8-11-5-6-12(19-3)7-13(11)20-4/h5-7,9-10H,8H2,1-4H3,(H,15,16,17). The lowest BCUT2D eigenvalue weighted by molar-refractivity contribution is 0.391. The van der Waals surface area contributed by atoms with Crippen LogP contribution in [0.1, 0.15) is 25.5 Å². The molecule has 6 nitrogen and oxygen atoms in total. The van der Waals surface area contributed by atoms with Crippen LogP contribution in [0.25, 0.3) is 0 Å². The van der Waals surface area contributed by atoms with Crippen molar-refractivity contribution in [1.29, 1.82) is 0 Å². The number of nitrogens with one attached hydrogen (secondary N) is 1. The first-order chi connectivity index (χ1) is 9.65. The van der Waals surface area contributed by atoms with E-state index in [-0.39, 0.29) is 6.04 Å². The first-order valence-corrected chi connectivity index (χ1v) is 6.50. The number of anilines is 1. The Bertz CT molecular complexity index is 566. The summed E-state index contributed by atoms with van der Waals surface area (Å²) in [5, 5.41) is 7.46. The lowest BCUT2D eigenvalue weighted by Gasteiger charge is -2.13. The fourth-order valence-electron chi connectivity index (χ4n) is 1.93. The van der Waals surface area contributed by atoms with E-state index < -0.39 is 0 Å². The lowest BCUT2D eigenvalue weighted by atomic mass is 10.2. The zero-order valence-corrected chi connectivity index (χ0v) is 12.3. The molecule has 1 heterocycles. The van der Waals surface area contributed by atoms with Gasteiger partial charge in [-0.1, -0.05) is 0 Å². The van der Waals surface area contributed by atoms with E-state index in [0.717, 1.165) is 23.0 Å². The Morgan fingerprint density at radius 3 is 2.70 bits per heavy atom. The Morgan fingerprint density at radius 1 is 1.25 bits per heavy atom. The molecular formula is C14H20N4O2. The molecule has 1 aromatic heterocycles. The summed E-state index contributed by atoms with van der Waals surface area (Å²) >= 11 is 0. The summed E-state index contributed by atoms with van der Waals surface area (Å²) < 4.78 is 12.4. The van der Waals surface area contributed by atoms with Gasteiger partial charge in [0.05, 0.1) is 20.3 Å². The van der Waals surface area contributed by atoms with Crippen molar-refractivity contribution in [3.63, 3.8) is 0 Å². The van der Waals surface area contributed by atoms with Gasteiger partial charge < -0.3 is 14.8 Å². The highest BCUT2D eigenvalue weighted by Crippen LogP contribution is 2.25. The monoisotopic (exact) mass is 276 g/mol. The topological polar surface area (TPSA) is 61.2 Å². The summed E-state index contributed by atoms with van der Waals surface area (Å²) in [5.74, 6) is 2.31. The van der Waals surface area contributed by atoms with Crippen LogP contribution in [0.2, 0.25) is 0 Å². The van der Waals surface area contributed by atoms with Gasteiger partial charge >= 0.3 is 0 Å². The Labute approximate surface area is 118 Å². The summed E-state index contributed by atoms with van der Waals surface area (Å²) in [7, 11) is 3.28. The molecule has 0 bridgehead atoms. The Morgan fingerprint density at radius 2 is 2.05 bits per heavy atom. The molecule has 0 fully saturated rings. The van der Waals surface area contributed by atoms with E-state index in [2.05, 4.69) is 29.2 Å². The van der Waals surface area contributed by atoms with E-state index >= 15 is 0 Å². The third-order valence-electron chi connectivity index (χ3n) is 2.99. The van der Waals surface area contributed by atoms with Crippen LogP contribution < -0.4 is 14.8 Å². The van der Waals surface area contributed by atoms with Crippen molar-refractivity contribution in [1.82, 2.24) is 14.8 Å². The van der Waals surface area contributed by atoms with E-state index in [1.807, 2.05) is 22.9 Å². The van der Waals surface area contributed by atoms with E-state index in [9.17, 15) is 0 Å². The van der Waals surface area contributed by atoms with E-state index in [0.29, 0.717) is 6.54 Å². The molecule has 6 heteroatoms. The molecule has 1 aromatic carbocycles. The summed E-state index contributed by atoms with van der Waals surface area (Å²) in [6.07, 6.45) is 1.55. The Hall–Kier alpha value is -2.24. The van der Waals surface area contributed by atoms with E-state index in [1.165, 1.54) is 0 Å². The minimum atomic E-state index is 0.262. The normalized spacial score (nSPS) is 10.7. The molecule has 20 heavy (non-hydrogen) atoms. The summed E-state index contributed by atoms with van der Waals surface area (Å²) in [5.41, 5.74) is 1.03. The quantitative estimate of drug-likeness (QED) is 0.878. The number of methoxy groups -OCH3 is 2. The summed E-state index contributed by atoms with van der Waals surface area (Å²) in [4.78, 5) is 4.22. The van der Waals surface area contributed by atoms with Gasteiger partial charge in [-0.05, 0) is 26.0 Å². The van der Waals surface area contributed by atoms with Crippen LogP contribution in [0.4, 0.5) is 5.95 Å². The minimum Gasteiger partial charge on any atom is -0.497 e. The second-order valence-electron chi connectivity index (χ2n) is 4.65. The maximum absolute atomic E-state index is 5.37. The number of hydrogen-bond acceptors (Lipinski definition) is 5. The van der Waals surface area contributed by atoms with Crippen LogP contribution in [0.5, 0.6) is 11.5 Å². The van der Waals surface area contributed by atoms with Crippen molar-refractivity contribution in [2.24, 2.45) is 0 Å². The maximum atomic E-state index is 5.37. The van der Waals surface area contributed by atoms with E-state index in [4.69, 9.17) is 9.47 Å². The van der Waals surface area contributed by atoms with Crippen molar-refractivity contribution < 1.29 is 9.47 Å². The van der Waals surface area contributed by atoms with Crippen molar-refractivity contribution in [2.45, 2.75) is 26.4 Å². The zero-order valence-electron chi connectivity index (χ0n) is 12.3.